The molecule has 156 valence electrons. The Hall–Kier alpha value is -3.64. The van der Waals surface area contributed by atoms with Crippen LogP contribution in [0.4, 0.5) is 0 Å². The first-order valence-corrected chi connectivity index (χ1v) is 10.1. The Labute approximate surface area is 184 Å². The first-order valence-electron chi connectivity index (χ1n) is 9.71. The number of para-hydroxylation sites is 1. The van der Waals surface area contributed by atoms with Crippen molar-refractivity contribution in [2.75, 3.05) is 7.11 Å². The summed E-state index contributed by atoms with van der Waals surface area (Å²) in [5.41, 5.74) is 2.28. The Morgan fingerprint density at radius 3 is 2.58 bits per heavy atom. The molecule has 0 bridgehead atoms. The van der Waals surface area contributed by atoms with E-state index in [1.54, 1.807) is 25.3 Å². The highest BCUT2D eigenvalue weighted by Crippen LogP contribution is 2.27. The summed E-state index contributed by atoms with van der Waals surface area (Å²) in [5, 5.41) is 4.07. The van der Waals surface area contributed by atoms with Crippen LogP contribution in [0.15, 0.2) is 77.6 Å². The van der Waals surface area contributed by atoms with Crippen LogP contribution in [-0.4, -0.2) is 22.6 Å². The molecular formula is C24H20ClN3O3. The van der Waals surface area contributed by atoms with Crippen LogP contribution in [-0.2, 0) is 17.9 Å². The third-order valence-corrected chi connectivity index (χ3v) is 5.20. The molecule has 1 heterocycles. The Morgan fingerprint density at radius 1 is 1.06 bits per heavy atom. The molecule has 1 N–H and O–H groups in total. The van der Waals surface area contributed by atoms with Gasteiger partial charge in [-0.1, -0.05) is 60.1 Å². The van der Waals surface area contributed by atoms with Crippen LogP contribution in [0.5, 0.6) is 5.75 Å². The maximum Gasteiger partial charge on any atom is 0.349 e. The van der Waals surface area contributed by atoms with E-state index >= 15 is 0 Å². The minimum absolute atomic E-state index is 0.159. The lowest BCUT2D eigenvalue weighted by molar-refractivity contribution is -0.121. The molecule has 0 spiro atoms. The average molecular weight is 434 g/mol. The smallest absolute Gasteiger partial charge is 0.349 e. The van der Waals surface area contributed by atoms with Gasteiger partial charge in [-0.2, -0.15) is 4.98 Å². The summed E-state index contributed by atoms with van der Waals surface area (Å²) in [7, 11) is 1.58. The number of aromatic nitrogens is 2. The van der Waals surface area contributed by atoms with Gasteiger partial charge in [0.1, 0.15) is 12.3 Å². The van der Waals surface area contributed by atoms with E-state index in [0.717, 1.165) is 11.1 Å². The van der Waals surface area contributed by atoms with Gasteiger partial charge in [-0.25, -0.2) is 4.79 Å². The Kier molecular flexibility index (Phi) is 6.00. The molecule has 0 radical (unpaired) electrons. The molecule has 1 amide bonds. The SMILES string of the molecule is COc1ccccc1CNC(=O)Cn1c(=O)nc(-c2ccccc2)c2cc(Cl)ccc21. The topological polar surface area (TPSA) is 73.2 Å². The number of nitrogens with zero attached hydrogens (tertiary/aromatic N) is 2. The number of fused-ring (bicyclic) bond motifs is 1. The number of ether oxygens (including phenoxy) is 1. The summed E-state index contributed by atoms with van der Waals surface area (Å²) < 4.78 is 6.67. The van der Waals surface area contributed by atoms with Gasteiger partial charge in [-0.15, -0.1) is 0 Å². The molecule has 0 aliphatic heterocycles. The van der Waals surface area contributed by atoms with Crippen LogP contribution < -0.4 is 15.7 Å². The molecule has 0 saturated heterocycles. The molecule has 0 aliphatic rings. The lowest BCUT2D eigenvalue weighted by atomic mass is 10.1. The van der Waals surface area contributed by atoms with Crippen molar-refractivity contribution >= 4 is 28.4 Å². The van der Waals surface area contributed by atoms with Crippen molar-refractivity contribution in [1.29, 1.82) is 0 Å². The number of halogens is 1. The third-order valence-electron chi connectivity index (χ3n) is 4.96. The molecule has 0 aliphatic carbocycles. The fraction of sp³-hybridized carbons (Fsp3) is 0.125. The molecule has 31 heavy (non-hydrogen) atoms. The zero-order valence-corrected chi connectivity index (χ0v) is 17.6. The number of nitrogens with one attached hydrogen (secondary N) is 1. The first kappa shape index (κ1) is 20.6. The van der Waals surface area contributed by atoms with Gasteiger partial charge in [0.15, 0.2) is 0 Å². The Balaban J connectivity index is 1.66. The Bertz CT molecular complexity index is 1300. The van der Waals surface area contributed by atoms with Crippen molar-refractivity contribution in [1.82, 2.24) is 14.9 Å². The normalized spacial score (nSPS) is 10.8. The largest absolute Gasteiger partial charge is 0.496 e. The number of benzene rings is 3. The molecule has 7 heteroatoms. The molecule has 4 rings (SSSR count). The number of hydrogen-bond acceptors (Lipinski definition) is 4. The number of methoxy groups -OCH3 is 1. The fourth-order valence-corrected chi connectivity index (χ4v) is 3.64. The number of rotatable bonds is 6. The van der Waals surface area contributed by atoms with E-state index in [9.17, 15) is 9.59 Å². The fourth-order valence-electron chi connectivity index (χ4n) is 3.46. The van der Waals surface area contributed by atoms with Gasteiger partial charge < -0.3 is 10.1 Å². The molecule has 0 atom stereocenters. The predicted molar refractivity (Wildman–Crippen MR) is 121 cm³/mol. The molecule has 0 saturated carbocycles. The van der Waals surface area contributed by atoms with Gasteiger partial charge in [0.2, 0.25) is 5.91 Å². The highest BCUT2D eigenvalue weighted by atomic mass is 35.5. The molecule has 6 nitrogen and oxygen atoms in total. The van der Waals surface area contributed by atoms with Gasteiger partial charge in [0.05, 0.1) is 18.3 Å². The zero-order valence-electron chi connectivity index (χ0n) is 16.8. The molecule has 1 aromatic heterocycles. The van der Waals surface area contributed by atoms with E-state index in [-0.39, 0.29) is 19.0 Å². The van der Waals surface area contributed by atoms with Crippen molar-refractivity contribution < 1.29 is 9.53 Å². The molecule has 0 unspecified atom stereocenters. The van der Waals surface area contributed by atoms with Crippen molar-refractivity contribution in [3.05, 3.63) is 93.9 Å². The summed E-state index contributed by atoms with van der Waals surface area (Å²) in [6, 6.07) is 22.0. The number of hydrogen-bond donors (Lipinski definition) is 1. The van der Waals surface area contributed by atoms with Crippen molar-refractivity contribution in [2.45, 2.75) is 13.1 Å². The standard InChI is InChI=1S/C24H20ClN3O3/c1-31-21-10-6-5-9-17(21)14-26-22(29)15-28-20-12-11-18(25)13-19(20)23(27-24(28)30)16-7-3-2-4-8-16/h2-13H,14-15H2,1H3,(H,26,29). The summed E-state index contributed by atoms with van der Waals surface area (Å²) in [6.07, 6.45) is 0. The number of carbonyl (C=O) groups is 1. The van der Waals surface area contributed by atoms with Gasteiger partial charge in [-0.3, -0.25) is 9.36 Å². The van der Waals surface area contributed by atoms with E-state index in [1.807, 2.05) is 54.6 Å². The second-order valence-corrected chi connectivity index (χ2v) is 7.38. The second kappa shape index (κ2) is 9.02. The average Bonchev–Trinajstić information content (AvgIpc) is 2.80. The van der Waals surface area contributed by atoms with Crippen LogP contribution in [0.25, 0.3) is 22.2 Å². The quantitative estimate of drug-likeness (QED) is 0.498. The van der Waals surface area contributed by atoms with Crippen LogP contribution in [0.2, 0.25) is 5.02 Å². The van der Waals surface area contributed by atoms with Crippen molar-refractivity contribution in [2.24, 2.45) is 0 Å². The van der Waals surface area contributed by atoms with E-state index in [4.69, 9.17) is 16.3 Å². The monoisotopic (exact) mass is 433 g/mol. The minimum atomic E-state index is -0.499. The number of amides is 1. The zero-order chi connectivity index (χ0) is 21.8. The van der Waals surface area contributed by atoms with Crippen molar-refractivity contribution in [3.63, 3.8) is 0 Å². The maximum atomic E-state index is 12.8. The lowest BCUT2D eigenvalue weighted by Crippen LogP contribution is -2.33. The third kappa shape index (κ3) is 4.44. The van der Waals surface area contributed by atoms with Crippen LogP contribution in [0.3, 0.4) is 0 Å². The molecule has 0 fully saturated rings. The minimum Gasteiger partial charge on any atom is -0.496 e. The summed E-state index contributed by atoms with van der Waals surface area (Å²) >= 11 is 6.22. The predicted octanol–water partition coefficient (Wildman–Crippen LogP) is 4.04. The number of carbonyl (C=O) groups excluding carboxylic acids is 1. The first-order chi connectivity index (χ1) is 15.1. The van der Waals surface area contributed by atoms with Gasteiger partial charge in [-0.05, 0) is 24.3 Å². The van der Waals surface area contributed by atoms with Crippen LogP contribution >= 0.6 is 11.6 Å². The molecular weight excluding hydrogens is 414 g/mol. The van der Waals surface area contributed by atoms with E-state index in [1.165, 1.54) is 4.57 Å². The lowest BCUT2D eigenvalue weighted by Gasteiger charge is -2.14. The van der Waals surface area contributed by atoms with Gasteiger partial charge in [0, 0.05) is 28.1 Å². The van der Waals surface area contributed by atoms with E-state index in [0.29, 0.717) is 27.4 Å². The summed E-state index contributed by atoms with van der Waals surface area (Å²) in [4.78, 5) is 29.7. The highest BCUT2D eigenvalue weighted by Gasteiger charge is 2.15. The van der Waals surface area contributed by atoms with Crippen molar-refractivity contribution in [3.8, 4) is 17.0 Å². The summed E-state index contributed by atoms with van der Waals surface area (Å²) in [5.74, 6) is 0.382. The van der Waals surface area contributed by atoms with Crippen LogP contribution in [0, 0.1) is 0 Å². The highest BCUT2D eigenvalue weighted by molar-refractivity contribution is 6.31. The summed E-state index contributed by atoms with van der Waals surface area (Å²) in [6.45, 7) is 0.130. The van der Waals surface area contributed by atoms with Crippen LogP contribution in [0.1, 0.15) is 5.56 Å². The Morgan fingerprint density at radius 2 is 1.81 bits per heavy atom. The molecule has 4 aromatic rings. The van der Waals surface area contributed by atoms with E-state index in [2.05, 4.69) is 10.3 Å². The molecule has 3 aromatic carbocycles. The van der Waals surface area contributed by atoms with Gasteiger partial charge >= 0.3 is 5.69 Å². The maximum absolute atomic E-state index is 12.8. The van der Waals surface area contributed by atoms with E-state index < -0.39 is 5.69 Å². The van der Waals surface area contributed by atoms with Gasteiger partial charge in [0.25, 0.3) is 0 Å². The second-order valence-electron chi connectivity index (χ2n) is 6.95.